The highest BCUT2D eigenvalue weighted by atomic mass is 35.5. The van der Waals surface area contributed by atoms with Gasteiger partial charge in [0.1, 0.15) is 18.2 Å². The molecule has 1 aromatic heterocycles. The summed E-state index contributed by atoms with van der Waals surface area (Å²) in [5.41, 5.74) is 4.22. The molecule has 3 aliphatic heterocycles. The van der Waals surface area contributed by atoms with Crippen molar-refractivity contribution >= 4 is 34.2 Å². The molecule has 0 aliphatic carbocycles. The van der Waals surface area contributed by atoms with Crippen molar-refractivity contribution in [1.29, 1.82) is 0 Å². The van der Waals surface area contributed by atoms with Crippen molar-refractivity contribution in [3.05, 3.63) is 82.4 Å². The third-order valence-electron chi connectivity index (χ3n) is 8.69. The zero-order valence-corrected chi connectivity index (χ0v) is 24.8. The van der Waals surface area contributed by atoms with Crippen LogP contribution in [0.4, 0.5) is 10.1 Å². The van der Waals surface area contributed by atoms with Crippen LogP contribution in [-0.2, 0) is 22.6 Å². The van der Waals surface area contributed by atoms with Gasteiger partial charge in [0.2, 0.25) is 5.91 Å². The van der Waals surface area contributed by atoms with Gasteiger partial charge < -0.3 is 24.1 Å². The van der Waals surface area contributed by atoms with Gasteiger partial charge >= 0.3 is 0 Å². The van der Waals surface area contributed by atoms with E-state index in [1.807, 2.05) is 30.3 Å². The highest BCUT2D eigenvalue weighted by molar-refractivity contribution is 6.30. The second kappa shape index (κ2) is 11.8. The number of carbonyl (C=O) groups excluding carboxylic acids is 1. The average molecular weight is 605 g/mol. The summed E-state index contributed by atoms with van der Waals surface area (Å²) in [5.74, 6) is 2.22. The van der Waals surface area contributed by atoms with Crippen LogP contribution in [0.5, 0.6) is 11.5 Å². The first-order valence-electron chi connectivity index (χ1n) is 14.9. The fourth-order valence-corrected chi connectivity index (χ4v) is 6.53. The van der Waals surface area contributed by atoms with E-state index in [-0.39, 0.29) is 18.6 Å². The first-order valence-corrected chi connectivity index (χ1v) is 15.3. The van der Waals surface area contributed by atoms with E-state index in [1.165, 1.54) is 13.0 Å². The lowest BCUT2D eigenvalue weighted by atomic mass is 9.88. The molecule has 0 radical (unpaired) electrons. The molecule has 43 heavy (non-hydrogen) atoms. The number of hydrogen-bond acceptors (Lipinski definition) is 6. The Labute approximate surface area is 254 Å². The summed E-state index contributed by atoms with van der Waals surface area (Å²) in [4.78, 5) is 19.1. The van der Waals surface area contributed by atoms with Gasteiger partial charge in [-0.15, -0.1) is 0 Å². The summed E-state index contributed by atoms with van der Waals surface area (Å²) in [6.07, 6.45) is 2.63. The second-order valence-electron chi connectivity index (χ2n) is 11.6. The van der Waals surface area contributed by atoms with Crippen molar-refractivity contribution in [3.8, 4) is 11.5 Å². The molecule has 0 saturated carbocycles. The normalized spacial score (nSPS) is 20.6. The van der Waals surface area contributed by atoms with Gasteiger partial charge in [0.25, 0.3) is 0 Å². The summed E-state index contributed by atoms with van der Waals surface area (Å²) in [6.45, 7) is 5.87. The standard InChI is InChI=1S/C33H34ClFN4O4/c1-20(40)36-23-6-8-29-28(16-23)37-32(39(29)17-24-11-14-41-24)18-38-12-9-21(10-13-38)25-3-2-4-30-33(25)43-31(19-42-30)26-7-5-22(34)15-27(26)35/h2-8,15-16,21,24,31H,9-14,17-19H2,1H3,(H,36,40)/t24-,31?/m0/s1. The van der Waals surface area contributed by atoms with E-state index in [0.29, 0.717) is 28.0 Å². The lowest BCUT2D eigenvalue weighted by Gasteiger charge is -2.35. The maximum Gasteiger partial charge on any atom is 0.221 e. The number of ether oxygens (including phenoxy) is 3. The summed E-state index contributed by atoms with van der Waals surface area (Å²) < 4.78 is 35.2. The van der Waals surface area contributed by atoms with E-state index in [4.69, 9.17) is 30.8 Å². The Morgan fingerprint density at radius 1 is 1.09 bits per heavy atom. The molecule has 4 heterocycles. The Hall–Kier alpha value is -3.66. The Morgan fingerprint density at radius 2 is 1.93 bits per heavy atom. The second-order valence-corrected chi connectivity index (χ2v) is 12.0. The van der Waals surface area contributed by atoms with Gasteiger partial charge in [0.05, 0.1) is 30.2 Å². The van der Waals surface area contributed by atoms with Gasteiger partial charge in [-0.2, -0.15) is 0 Å². The van der Waals surface area contributed by atoms with Crippen molar-refractivity contribution in [2.45, 2.75) is 57.4 Å². The van der Waals surface area contributed by atoms with E-state index in [9.17, 15) is 9.18 Å². The van der Waals surface area contributed by atoms with Crippen molar-refractivity contribution < 1.29 is 23.4 Å². The molecule has 7 rings (SSSR count). The molecule has 0 spiro atoms. The number of para-hydroxylation sites is 1. The average Bonchev–Trinajstić information content (AvgIpc) is 3.30. The quantitative estimate of drug-likeness (QED) is 0.261. The van der Waals surface area contributed by atoms with Crippen molar-refractivity contribution in [2.75, 3.05) is 31.6 Å². The van der Waals surface area contributed by atoms with Gasteiger partial charge in [0, 0.05) is 35.4 Å². The maximum atomic E-state index is 14.7. The first kappa shape index (κ1) is 28.1. The lowest BCUT2D eigenvalue weighted by molar-refractivity contribution is -0.114. The number of aromatic nitrogens is 2. The Kier molecular flexibility index (Phi) is 7.71. The minimum Gasteiger partial charge on any atom is -0.485 e. The largest absolute Gasteiger partial charge is 0.485 e. The molecule has 8 nitrogen and oxygen atoms in total. The van der Waals surface area contributed by atoms with Crippen LogP contribution in [0.1, 0.15) is 55.2 Å². The molecule has 2 atom stereocenters. The topological polar surface area (TPSA) is 77.9 Å². The number of nitrogens with zero attached hydrogens (tertiary/aromatic N) is 3. The molecule has 0 bridgehead atoms. The fraction of sp³-hybridized carbons (Fsp3) is 0.394. The van der Waals surface area contributed by atoms with Gasteiger partial charge in [0.15, 0.2) is 17.6 Å². The number of hydrogen-bond donors (Lipinski definition) is 1. The number of likely N-dealkylation sites (tertiary alicyclic amines) is 1. The van der Waals surface area contributed by atoms with E-state index in [2.05, 4.69) is 20.9 Å². The molecule has 4 aromatic rings. The van der Waals surface area contributed by atoms with Crippen LogP contribution in [0.2, 0.25) is 5.02 Å². The highest BCUT2D eigenvalue weighted by Crippen LogP contribution is 2.45. The lowest BCUT2D eigenvalue weighted by Crippen LogP contribution is -2.35. The molecule has 10 heteroatoms. The fourth-order valence-electron chi connectivity index (χ4n) is 6.37. The number of imidazole rings is 1. The first-order chi connectivity index (χ1) is 20.9. The van der Waals surface area contributed by atoms with Crippen LogP contribution in [0.25, 0.3) is 11.0 Å². The van der Waals surface area contributed by atoms with Crippen LogP contribution in [0.3, 0.4) is 0 Å². The number of halogens is 2. The molecular weight excluding hydrogens is 571 g/mol. The predicted octanol–water partition coefficient (Wildman–Crippen LogP) is 6.47. The maximum absolute atomic E-state index is 14.7. The SMILES string of the molecule is CC(=O)Nc1ccc2c(c1)nc(CN1CCC(c3cccc4c3OC(c3ccc(Cl)cc3F)CO4)CC1)n2C[C@@H]1CCO1. The van der Waals surface area contributed by atoms with Crippen molar-refractivity contribution in [1.82, 2.24) is 14.5 Å². The van der Waals surface area contributed by atoms with Crippen LogP contribution in [0, 0.1) is 5.82 Å². The smallest absolute Gasteiger partial charge is 0.221 e. The third kappa shape index (κ3) is 5.81. The molecule has 2 saturated heterocycles. The molecular formula is C33H34ClFN4O4. The number of benzene rings is 3. The van der Waals surface area contributed by atoms with Gasteiger partial charge in [-0.3, -0.25) is 9.69 Å². The monoisotopic (exact) mass is 604 g/mol. The highest BCUT2D eigenvalue weighted by Gasteiger charge is 2.31. The van der Waals surface area contributed by atoms with E-state index >= 15 is 0 Å². The third-order valence-corrected chi connectivity index (χ3v) is 8.92. The van der Waals surface area contributed by atoms with Crippen LogP contribution >= 0.6 is 11.6 Å². The molecule has 1 amide bonds. The summed E-state index contributed by atoms with van der Waals surface area (Å²) in [7, 11) is 0. The number of anilines is 1. The molecule has 2 fully saturated rings. The van der Waals surface area contributed by atoms with Crippen LogP contribution in [-0.4, -0.2) is 52.8 Å². The zero-order valence-electron chi connectivity index (χ0n) is 24.0. The minimum absolute atomic E-state index is 0.103. The number of amides is 1. The van der Waals surface area contributed by atoms with Gasteiger partial charge in [-0.25, -0.2) is 9.37 Å². The van der Waals surface area contributed by atoms with Gasteiger partial charge in [-0.05, 0) is 74.7 Å². The molecule has 1 unspecified atom stereocenters. The molecule has 3 aliphatic rings. The predicted molar refractivity (Wildman–Crippen MR) is 162 cm³/mol. The van der Waals surface area contributed by atoms with E-state index < -0.39 is 11.9 Å². The number of carbonyl (C=O) groups is 1. The summed E-state index contributed by atoms with van der Waals surface area (Å²) >= 11 is 5.97. The number of nitrogens with one attached hydrogen (secondary N) is 1. The summed E-state index contributed by atoms with van der Waals surface area (Å²) in [6, 6.07) is 16.6. The minimum atomic E-state index is -0.537. The van der Waals surface area contributed by atoms with Gasteiger partial charge in [-0.1, -0.05) is 29.8 Å². The number of piperidine rings is 1. The van der Waals surface area contributed by atoms with Crippen LogP contribution < -0.4 is 14.8 Å². The molecule has 3 aromatic carbocycles. The molecule has 1 N–H and O–H groups in total. The Morgan fingerprint density at radius 3 is 2.67 bits per heavy atom. The molecule has 224 valence electrons. The number of fused-ring (bicyclic) bond motifs is 2. The number of rotatable bonds is 7. The Balaban J connectivity index is 1.07. The zero-order chi connectivity index (χ0) is 29.5. The van der Waals surface area contributed by atoms with Crippen molar-refractivity contribution in [3.63, 3.8) is 0 Å². The Bertz CT molecular complexity index is 1660. The van der Waals surface area contributed by atoms with E-state index in [1.54, 1.807) is 12.1 Å². The van der Waals surface area contributed by atoms with E-state index in [0.717, 1.165) is 80.2 Å². The van der Waals surface area contributed by atoms with Crippen molar-refractivity contribution in [2.24, 2.45) is 0 Å². The van der Waals surface area contributed by atoms with Crippen LogP contribution in [0.15, 0.2) is 54.6 Å². The summed E-state index contributed by atoms with van der Waals surface area (Å²) in [5, 5.41) is 3.22.